The Labute approximate surface area is 129 Å². The van der Waals surface area contributed by atoms with Gasteiger partial charge in [-0.2, -0.15) is 0 Å². The predicted octanol–water partition coefficient (Wildman–Crippen LogP) is 3.20. The van der Waals surface area contributed by atoms with Gasteiger partial charge in [0.05, 0.1) is 10.6 Å². The van der Waals surface area contributed by atoms with E-state index < -0.39 is 34.8 Å². The molecule has 23 heavy (non-hydrogen) atoms. The highest BCUT2D eigenvalue weighted by molar-refractivity contribution is 5.92. The van der Waals surface area contributed by atoms with Crippen molar-refractivity contribution < 1.29 is 23.2 Å². The molecule has 6 nitrogen and oxygen atoms in total. The fourth-order valence-corrected chi connectivity index (χ4v) is 1.81. The first kappa shape index (κ1) is 16.3. The normalized spacial score (nSPS) is 10.2. The van der Waals surface area contributed by atoms with Gasteiger partial charge in [0.2, 0.25) is 5.75 Å². The van der Waals surface area contributed by atoms with Crippen LogP contribution >= 0.6 is 0 Å². The number of nitro groups is 1. The SMILES string of the molecule is Cc1ccc(NC(=O)COc2cc(F)ccc2[N+](=O)[O-])c(F)c1. The van der Waals surface area contributed by atoms with Crippen LogP contribution < -0.4 is 10.1 Å². The molecule has 2 rings (SSSR count). The largest absolute Gasteiger partial charge is 0.477 e. The van der Waals surface area contributed by atoms with Crippen molar-refractivity contribution >= 4 is 17.3 Å². The lowest BCUT2D eigenvalue weighted by molar-refractivity contribution is -0.385. The molecule has 1 N–H and O–H groups in total. The Hall–Kier alpha value is -3.03. The fourth-order valence-electron chi connectivity index (χ4n) is 1.81. The van der Waals surface area contributed by atoms with Crippen molar-refractivity contribution in [1.29, 1.82) is 0 Å². The molecule has 0 saturated carbocycles. The van der Waals surface area contributed by atoms with E-state index in [-0.39, 0.29) is 11.4 Å². The molecule has 0 bridgehead atoms. The highest BCUT2D eigenvalue weighted by atomic mass is 19.1. The second kappa shape index (κ2) is 6.82. The summed E-state index contributed by atoms with van der Waals surface area (Å²) in [4.78, 5) is 21.8. The number of nitrogens with zero attached hydrogens (tertiary/aromatic N) is 1. The molecule has 2 aromatic carbocycles. The molecule has 0 aromatic heterocycles. The second-order valence-corrected chi connectivity index (χ2v) is 4.69. The number of rotatable bonds is 5. The molecule has 8 heteroatoms. The number of carbonyl (C=O) groups is 1. The summed E-state index contributed by atoms with van der Waals surface area (Å²) < 4.78 is 31.7. The van der Waals surface area contributed by atoms with E-state index in [0.717, 1.165) is 18.2 Å². The smallest absolute Gasteiger partial charge is 0.311 e. The van der Waals surface area contributed by atoms with Gasteiger partial charge < -0.3 is 10.1 Å². The molecule has 0 atom stereocenters. The number of halogens is 2. The van der Waals surface area contributed by atoms with E-state index in [0.29, 0.717) is 5.56 Å². The van der Waals surface area contributed by atoms with Crippen molar-refractivity contribution in [2.75, 3.05) is 11.9 Å². The standard InChI is InChI=1S/C15H12F2N2O4/c1-9-2-4-12(11(17)6-9)18-15(20)8-23-14-7-10(16)3-5-13(14)19(21)22/h2-7H,8H2,1H3,(H,18,20). The van der Waals surface area contributed by atoms with Crippen molar-refractivity contribution in [3.05, 3.63) is 63.7 Å². The monoisotopic (exact) mass is 322 g/mol. The third kappa shape index (κ3) is 4.22. The Morgan fingerprint density at radius 1 is 1.26 bits per heavy atom. The Bertz CT molecular complexity index is 765. The van der Waals surface area contributed by atoms with Gasteiger partial charge in [-0.3, -0.25) is 14.9 Å². The average molecular weight is 322 g/mol. The van der Waals surface area contributed by atoms with E-state index >= 15 is 0 Å². The molecule has 0 saturated heterocycles. The maximum absolute atomic E-state index is 13.6. The second-order valence-electron chi connectivity index (χ2n) is 4.69. The van der Waals surface area contributed by atoms with Crippen molar-refractivity contribution in [2.45, 2.75) is 6.92 Å². The quantitative estimate of drug-likeness (QED) is 0.677. The lowest BCUT2D eigenvalue weighted by Crippen LogP contribution is -2.21. The average Bonchev–Trinajstić information content (AvgIpc) is 2.48. The van der Waals surface area contributed by atoms with Crippen LogP contribution in [0.25, 0.3) is 0 Å². The summed E-state index contributed by atoms with van der Waals surface area (Å²) in [6, 6.07) is 6.88. The summed E-state index contributed by atoms with van der Waals surface area (Å²) in [6.07, 6.45) is 0. The van der Waals surface area contributed by atoms with Gasteiger partial charge in [-0.05, 0) is 30.7 Å². The fraction of sp³-hybridized carbons (Fsp3) is 0.133. The van der Waals surface area contributed by atoms with E-state index in [9.17, 15) is 23.7 Å². The maximum Gasteiger partial charge on any atom is 0.311 e. The molecule has 0 aliphatic heterocycles. The number of hydrogen-bond donors (Lipinski definition) is 1. The van der Waals surface area contributed by atoms with Gasteiger partial charge >= 0.3 is 5.69 Å². The number of anilines is 1. The summed E-state index contributed by atoms with van der Waals surface area (Å²) in [5.41, 5.74) is 0.172. The highest BCUT2D eigenvalue weighted by Crippen LogP contribution is 2.27. The highest BCUT2D eigenvalue weighted by Gasteiger charge is 2.17. The first-order chi connectivity index (χ1) is 10.9. The predicted molar refractivity (Wildman–Crippen MR) is 78.3 cm³/mol. The number of benzene rings is 2. The summed E-state index contributed by atoms with van der Waals surface area (Å²) in [5.74, 6) is -2.47. The van der Waals surface area contributed by atoms with E-state index in [1.807, 2.05) is 0 Å². The van der Waals surface area contributed by atoms with Gasteiger partial charge in [0.25, 0.3) is 5.91 Å². The zero-order valence-corrected chi connectivity index (χ0v) is 12.0. The Morgan fingerprint density at radius 2 is 2.00 bits per heavy atom. The number of hydrogen-bond acceptors (Lipinski definition) is 4. The number of aryl methyl sites for hydroxylation is 1. The Kier molecular flexibility index (Phi) is 4.85. The third-order valence-corrected chi connectivity index (χ3v) is 2.88. The molecule has 0 radical (unpaired) electrons. The van der Waals surface area contributed by atoms with Gasteiger partial charge in [-0.15, -0.1) is 0 Å². The molecule has 0 heterocycles. The first-order valence-electron chi connectivity index (χ1n) is 6.49. The van der Waals surface area contributed by atoms with Gasteiger partial charge in [0.1, 0.15) is 11.6 Å². The van der Waals surface area contributed by atoms with Gasteiger partial charge in [-0.1, -0.05) is 6.07 Å². The summed E-state index contributed by atoms with van der Waals surface area (Å²) in [6.45, 7) is 1.07. The number of nitrogens with one attached hydrogen (secondary N) is 1. The maximum atomic E-state index is 13.6. The van der Waals surface area contributed by atoms with Gasteiger partial charge in [-0.25, -0.2) is 8.78 Å². The van der Waals surface area contributed by atoms with Crippen molar-refractivity contribution in [3.63, 3.8) is 0 Å². The van der Waals surface area contributed by atoms with Crippen LogP contribution in [0, 0.1) is 28.7 Å². The summed E-state index contributed by atoms with van der Waals surface area (Å²) in [5, 5.41) is 13.1. The van der Waals surface area contributed by atoms with Crippen molar-refractivity contribution in [1.82, 2.24) is 0 Å². The van der Waals surface area contributed by atoms with Crippen LogP contribution in [0.3, 0.4) is 0 Å². The van der Waals surface area contributed by atoms with Crippen molar-refractivity contribution in [2.24, 2.45) is 0 Å². The molecule has 120 valence electrons. The van der Waals surface area contributed by atoms with Crippen LogP contribution in [0.5, 0.6) is 5.75 Å². The molecule has 0 unspecified atom stereocenters. The Balaban J connectivity index is 2.05. The van der Waals surface area contributed by atoms with Crippen molar-refractivity contribution in [3.8, 4) is 5.75 Å². The minimum atomic E-state index is -0.758. The molecular weight excluding hydrogens is 310 g/mol. The first-order valence-corrected chi connectivity index (χ1v) is 6.49. The molecule has 0 spiro atoms. The van der Waals surface area contributed by atoms with Crippen LogP contribution in [0.2, 0.25) is 0 Å². The number of amides is 1. The zero-order chi connectivity index (χ0) is 17.0. The van der Waals surface area contributed by atoms with E-state index in [1.54, 1.807) is 13.0 Å². The summed E-state index contributed by atoms with van der Waals surface area (Å²) in [7, 11) is 0. The lowest BCUT2D eigenvalue weighted by Gasteiger charge is -2.09. The molecular formula is C15H12F2N2O4. The molecule has 1 amide bonds. The molecule has 0 aliphatic rings. The van der Waals surface area contributed by atoms with E-state index in [4.69, 9.17) is 4.74 Å². The van der Waals surface area contributed by atoms with Crippen LogP contribution in [-0.4, -0.2) is 17.4 Å². The molecule has 0 aliphatic carbocycles. The molecule has 2 aromatic rings. The van der Waals surface area contributed by atoms with Crippen LogP contribution in [-0.2, 0) is 4.79 Å². The van der Waals surface area contributed by atoms with Crippen LogP contribution in [0.1, 0.15) is 5.56 Å². The number of nitro benzene ring substituents is 1. The van der Waals surface area contributed by atoms with E-state index in [2.05, 4.69) is 5.32 Å². The van der Waals surface area contributed by atoms with E-state index in [1.165, 1.54) is 12.1 Å². The van der Waals surface area contributed by atoms with Gasteiger partial charge in [0.15, 0.2) is 6.61 Å². The number of carbonyl (C=O) groups excluding carboxylic acids is 1. The van der Waals surface area contributed by atoms with Gasteiger partial charge in [0, 0.05) is 12.1 Å². The number of ether oxygens (including phenoxy) is 1. The minimum absolute atomic E-state index is 0.0436. The zero-order valence-electron chi connectivity index (χ0n) is 12.0. The minimum Gasteiger partial charge on any atom is -0.477 e. The topological polar surface area (TPSA) is 81.5 Å². The van der Waals surface area contributed by atoms with Crippen LogP contribution in [0.4, 0.5) is 20.2 Å². The summed E-state index contributed by atoms with van der Waals surface area (Å²) >= 11 is 0. The Morgan fingerprint density at radius 3 is 2.65 bits per heavy atom. The lowest BCUT2D eigenvalue weighted by atomic mass is 10.2. The molecule has 0 fully saturated rings. The third-order valence-electron chi connectivity index (χ3n) is 2.88. The van der Waals surface area contributed by atoms with Crippen LogP contribution in [0.15, 0.2) is 36.4 Å².